The lowest BCUT2D eigenvalue weighted by molar-refractivity contribution is -0.126. The van der Waals surface area contributed by atoms with Gasteiger partial charge < -0.3 is 5.32 Å². The van der Waals surface area contributed by atoms with Crippen LogP contribution in [0.3, 0.4) is 0 Å². The number of hydrogen-bond donors (Lipinski definition) is 2. The second kappa shape index (κ2) is 8.72. The van der Waals surface area contributed by atoms with Crippen molar-refractivity contribution in [2.24, 2.45) is 11.1 Å². The van der Waals surface area contributed by atoms with Crippen LogP contribution >= 0.6 is 0 Å². The largest absolute Gasteiger partial charge is 0.350 e. The van der Waals surface area contributed by atoms with Gasteiger partial charge in [0.15, 0.2) is 0 Å². The molecule has 3 aromatic rings. The fraction of sp³-hybridized carbons (Fsp3) is 0.250. The first-order valence-corrected chi connectivity index (χ1v) is 10.8. The number of hydrogen-bond acceptors (Lipinski definition) is 5. The highest BCUT2D eigenvalue weighted by Crippen LogP contribution is 2.22. The zero-order valence-electron chi connectivity index (χ0n) is 16.5. The van der Waals surface area contributed by atoms with Gasteiger partial charge in [0.1, 0.15) is 17.6 Å². The maximum Gasteiger partial charge on any atom is 0.245 e. The van der Waals surface area contributed by atoms with E-state index in [9.17, 15) is 17.6 Å². The van der Waals surface area contributed by atoms with Gasteiger partial charge in [0.2, 0.25) is 15.9 Å². The first kappa shape index (κ1) is 21.6. The van der Waals surface area contributed by atoms with Gasteiger partial charge in [-0.3, -0.25) is 4.79 Å². The third kappa shape index (κ3) is 5.08. The molecule has 0 aliphatic heterocycles. The van der Waals surface area contributed by atoms with Crippen LogP contribution in [0.5, 0.6) is 0 Å². The van der Waals surface area contributed by atoms with Gasteiger partial charge >= 0.3 is 0 Å². The minimum absolute atomic E-state index is 0.00105. The molecule has 3 rings (SSSR count). The van der Waals surface area contributed by atoms with Crippen LogP contribution in [0.2, 0.25) is 0 Å². The molecule has 3 N–H and O–H groups in total. The fourth-order valence-corrected chi connectivity index (χ4v) is 3.50. The molecule has 30 heavy (non-hydrogen) atoms. The first-order chi connectivity index (χ1) is 14.1. The SMILES string of the molecule is CC(C)[C@@H](C(=O)NCc1ccc(F)cc1)n1cc(-c2ccc(S(N)(=O)=O)cc2)nn1. The minimum Gasteiger partial charge on any atom is -0.350 e. The Kier molecular flexibility index (Phi) is 6.28. The average Bonchev–Trinajstić information content (AvgIpc) is 3.16. The van der Waals surface area contributed by atoms with E-state index in [0.717, 1.165) is 5.56 Å². The van der Waals surface area contributed by atoms with E-state index in [4.69, 9.17) is 5.14 Å². The van der Waals surface area contributed by atoms with Gasteiger partial charge in [-0.05, 0) is 35.7 Å². The first-order valence-electron chi connectivity index (χ1n) is 9.22. The molecule has 0 aliphatic rings. The summed E-state index contributed by atoms with van der Waals surface area (Å²) in [6.45, 7) is 4.05. The molecule has 10 heteroatoms. The summed E-state index contributed by atoms with van der Waals surface area (Å²) in [5.41, 5.74) is 1.91. The van der Waals surface area contributed by atoms with Crippen LogP contribution in [0.4, 0.5) is 4.39 Å². The van der Waals surface area contributed by atoms with E-state index < -0.39 is 16.1 Å². The van der Waals surface area contributed by atoms with Gasteiger partial charge in [-0.25, -0.2) is 22.6 Å². The summed E-state index contributed by atoms with van der Waals surface area (Å²) in [6.07, 6.45) is 1.63. The van der Waals surface area contributed by atoms with Gasteiger partial charge in [-0.2, -0.15) is 0 Å². The summed E-state index contributed by atoms with van der Waals surface area (Å²) in [5, 5.41) is 16.1. The van der Waals surface area contributed by atoms with Crippen LogP contribution in [0, 0.1) is 11.7 Å². The number of aromatic nitrogens is 3. The Bertz CT molecular complexity index is 1130. The maximum absolute atomic E-state index is 13.0. The van der Waals surface area contributed by atoms with Crippen LogP contribution in [-0.4, -0.2) is 29.3 Å². The number of sulfonamides is 1. The van der Waals surface area contributed by atoms with Crippen LogP contribution in [0.15, 0.2) is 59.6 Å². The quantitative estimate of drug-likeness (QED) is 0.594. The molecule has 0 fully saturated rings. The summed E-state index contributed by atoms with van der Waals surface area (Å²) in [7, 11) is -3.78. The minimum atomic E-state index is -3.78. The Hall–Kier alpha value is -3.11. The van der Waals surface area contributed by atoms with E-state index >= 15 is 0 Å². The molecule has 2 aromatic carbocycles. The Morgan fingerprint density at radius 3 is 2.33 bits per heavy atom. The van der Waals surface area contributed by atoms with E-state index in [2.05, 4.69) is 15.6 Å². The number of nitrogens with one attached hydrogen (secondary N) is 1. The summed E-state index contributed by atoms with van der Waals surface area (Å²) >= 11 is 0. The molecule has 1 atom stereocenters. The van der Waals surface area contributed by atoms with Gasteiger partial charge in [0, 0.05) is 12.1 Å². The number of halogens is 1. The standard InChI is InChI=1S/C20H22FN5O3S/c1-13(2)19(20(27)23-11-14-3-7-16(21)8-4-14)26-12-18(24-25-26)15-5-9-17(10-6-15)30(22,28)29/h3-10,12-13,19H,11H2,1-2H3,(H,23,27)(H2,22,28,29)/t19-/m0/s1. The van der Waals surface area contributed by atoms with E-state index in [1.54, 1.807) is 30.5 Å². The van der Waals surface area contributed by atoms with Crippen molar-refractivity contribution in [3.63, 3.8) is 0 Å². The van der Waals surface area contributed by atoms with Gasteiger partial charge in [0.25, 0.3) is 0 Å². The third-order valence-corrected chi connectivity index (χ3v) is 5.48. The molecule has 1 amide bonds. The van der Waals surface area contributed by atoms with Crippen molar-refractivity contribution in [3.8, 4) is 11.3 Å². The Labute approximate surface area is 174 Å². The highest BCUT2D eigenvalue weighted by atomic mass is 32.2. The van der Waals surface area contributed by atoms with Crippen molar-refractivity contribution in [3.05, 3.63) is 66.1 Å². The lowest BCUT2D eigenvalue weighted by Gasteiger charge is -2.20. The van der Waals surface area contributed by atoms with Crippen LogP contribution < -0.4 is 10.5 Å². The topological polar surface area (TPSA) is 120 Å². The number of rotatable bonds is 7. The highest BCUT2D eigenvalue weighted by Gasteiger charge is 2.25. The zero-order valence-corrected chi connectivity index (χ0v) is 17.3. The van der Waals surface area contributed by atoms with Crippen LogP contribution in [0.25, 0.3) is 11.3 Å². The predicted molar refractivity (Wildman–Crippen MR) is 109 cm³/mol. The van der Waals surface area contributed by atoms with Crippen molar-refractivity contribution < 1.29 is 17.6 Å². The van der Waals surface area contributed by atoms with E-state index in [1.807, 2.05) is 13.8 Å². The highest BCUT2D eigenvalue weighted by molar-refractivity contribution is 7.89. The molecule has 8 nitrogen and oxygen atoms in total. The summed E-state index contributed by atoms with van der Waals surface area (Å²) < 4.78 is 37.3. The number of benzene rings is 2. The molecular weight excluding hydrogens is 409 g/mol. The smallest absolute Gasteiger partial charge is 0.245 e. The average molecular weight is 431 g/mol. The van der Waals surface area contributed by atoms with Crippen molar-refractivity contribution in [1.29, 1.82) is 0 Å². The molecule has 1 heterocycles. The number of carbonyl (C=O) groups is 1. The number of amides is 1. The number of carbonyl (C=O) groups excluding carboxylic acids is 1. The van der Waals surface area contributed by atoms with Gasteiger partial charge in [0.05, 0.1) is 11.1 Å². The second-order valence-electron chi connectivity index (χ2n) is 7.19. The van der Waals surface area contributed by atoms with E-state index in [1.165, 1.54) is 28.9 Å². The molecular formula is C20H22FN5O3S. The maximum atomic E-state index is 13.0. The lowest BCUT2D eigenvalue weighted by atomic mass is 10.0. The Balaban J connectivity index is 1.76. The second-order valence-corrected chi connectivity index (χ2v) is 8.75. The normalized spacial score (nSPS) is 12.7. The molecule has 0 saturated heterocycles. The molecule has 1 aromatic heterocycles. The van der Waals surface area contributed by atoms with E-state index in [-0.39, 0.29) is 29.1 Å². The zero-order chi connectivity index (χ0) is 21.9. The van der Waals surface area contributed by atoms with Crippen molar-refractivity contribution in [1.82, 2.24) is 20.3 Å². The third-order valence-electron chi connectivity index (χ3n) is 4.55. The monoisotopic (exact) mass is 431 g/mol. The van der Waals surface area contributed by atoms with Gasteiger partial charge in [-0.1, -0.05) is 43.3 Å². The Morgan fingerprint density at radius 2 is 1.77 bits per heavy atom. The predicted octanol–water partition coefficient (Wildman–Crippen LogP) is 2.25. The molecule has 0 saturated carbocycles. The number of primary sulfonamides is 1. The van der Waals surface area contributed by atoms with Crippen molar-refractivity contribution in [2.45, 2.75) is 31.3 Å². The molecule has 158 valence electrons. The summed E-state index contributed by atoms with van der Waals surface area (Å²) in [6, 6.07) is 11.2. The molecule has 0 unspecified atom stereocenters. The van der Waals surface area contributed by atoms with Crippen molar-refractivity contribution in [2.75, 3.05) is 0 Å². The summed E-state index contributed by atoms with van der Waals surface area (Å²) in [5.74, 6) is -0.648. The van der Waals surface area contributed by atoms with E-state index in [0.29, 0.717) is 11.3 Å². The summed E-state index contributed by atoms with van der Waals surface area (Å²) in [4.78, 5) is 12.8. The fourth-order valence-electron chi connectivity index (χ4n) is 2.98. The van der Waals surface area contributed by atoms with Crippen LogP contribution in [-0.2, 0) is 21.4 Å². The van der Waals surface area contributed by atoms with Crippen LogP contribution in [0.1, 0.15) is 25.5 Å². The molecule has 0 spiro atoms. The van der Waals surface area contributed by atoms with Crippen molar-refractivity contribution >= 4 is 15.9 Å². The molecule has 0 aliphatic carbocycles. The molecule has 0 bridgehead atoms. The molecule has 0 radical (unpaired) electrons. The number of nitrogens with zero attached hydrogens (tertiary/aromatic N) is 3. The lowest BCUT2D eigenvalue weighted by Crippen LogP contribution is -2.35. The number of nitrogens with two attached hydrogens (primary N) is 1. The van der Waals surface area contributed by atoms with Gasteiger partial charge in [-0.15, -0.1) is 5.10 Å². The Morgan fingerprint density at radius 1 is 1.13 bits per heavy atom.